The molecule has 1 aromatic rings. The van der Waals surface area contributed by atoms with E-state index in [9.17, 15) is 8.78 Å². The molecule has 0 radical (unpaired) electrons. The third-order valence-electron chi connectivity index (χ3n) is 1.83. The van der Waals surface area contributed by atoms with E-state index in [1.165, 1.54) is 14.0 Å². The van der Waals surface area contributed by atoms with E-state index in [1.54, 1.807) is 0 Å². The van der Waals surface area contributed by atoms with Crippen molar-refractivity contribution in [3.05, 3.63) is 23.0 Å². The second-order valence-electron chi connectivity index (χ2n) is 2.63. The topological polar surface area (TPSA) is 45.9 Å². The van der Waals surface area contributed by atoms with Gasteiger partial charge in [0, 0.05) is 11.8 Å². The fourth-order valence-corrected chi connectivity index (χ4v) is 1.17. The average molecular weight is 198 g/mol. The minimum absolute atomic E-state index is 0.161. The van der Waals surface area contributed by atoms with Gasteiger partial charge >= 0.3 is 0 Å². The number of nitriles is 1. The van der Waals surface area contributed by atoms with E-state index >= 15 is 0 Å². The molecule has 74 valence electrons. The Morgan fingerprint density at radius 3 is 2.64 bits per heavy atom. The van der Waals surface area contributed by atoms with Gasteiger partial charge in [-0.25, -0.2) is 8.78 Å². The number of pyridine rings is 1. The minimum atomic E-state index is -2.66. The maximum absolute atomic E-state index is 12.4. The monoisotopic (exact) mass is 198 g/mol. The number of ether oxygens (including phenoxy) is 1. The number of nitrogens with zero attached hydrogens (tertiary/aromatic N) is 2. The molecule has 0 unspecified atom stereocenters. The molecule has 0 saturated carbocycles. The first-order valence-electron chi connectivity index (χ1n) is 3.83. The van der Waals surface area contributed by atoms with E-state index in [0.717, 1.165) is 6.20 Å². The summed E-state index contributed by atoms with van der Waals surface area (Å²) in [6.07, 6.45) is -1.57. The summed E-state index contributed by atoms with van der Waals surface area (Å²) in [5.41, 5.74) is 0.0248. The standard InChI is InChI=1S/C9H8F2N2O/c1-5-7(9(10)11)13-4-6(3-12)8(5)14-2/h4,9H,1-2H3. The van der Waals surface area contributed by atoms with Crippen molar-refractivity contribution in [3.63, 3.8) is 0 Å². The van der Waals surface area contributed by atoms with E-state index < -0.39 is 6.43 Å². The van der Waals surface area contributed by atoms with Crippen LogP contribution in [-0.2, 0) is 0 Å². The van der Waals surface area contributed by atoms with Crippen LogP contribution in [0.25, 0.3) is 0 Å². The normalized spacial score (nSPS) is 10.0. The Kier molecular flexibility index (Phi) is 2.97. The first kappa shape index (κ1) is 10.4. The van der Waals surface area contributed by atoms with Crippen LogP contribution in [0.1, 0.15) is 23.2 Å². The Labute approximate surface area is 79.9 Å². The summed E-state index contributed by atoms with van der Waals surface area (Å²) in [6, 6.07) is 1.82. The van der Waals surface area contributed by atoms with Crippen LogP contribution in [0, 0.1) is 18.3 Å². The number of hydrogen-bond donors (Lipinski definition) is 0. The predicted molar refractivity (Wildman–Crippen MR) is 45.2 cm³/mol. The SMILES string of the molecule is COc1c(C#N)cnc(C(F)F)c1C. The van der Waals surface area contributed by atoms with Gasteiger partial charge in [0.2, 0.25) is 0 Å². The van der Waals surface area contributed by atoms with Gasteiger partial charge in [0.1, 0.15) is 23.1 Å². The van der Waals surface area contributed by atoms with Crippen LogP contribution < -0.4 is 4.74 Å². The predicted octanol–water partition coefficient (Wildman–Crippen LogP) is 2.21. The highest BCUT2D eigenvalue weighted by Crippen LogP contribution is 2.29. The summed E-state index contributed by atoms with van der Waals surface area (Å²) in [5, 5.41) is 8.65. The maximum Gasteiger partial charge on any atom is 0.280 e. The number of hydrogen-bond acceptors (Lipinski definition) is 3. The molecule has 1 heterocycles. The van der Waals surface area contributed by atoms with Gasteiger partial charge in [0.05, 0.1) is 7.11 Å². The fraction of sp³-hybridized carbons (Fsp3) is 0.333. The van der Waals surface area contributed by atoms with Crippen LogP contribution in [-0.4, -0.2) is 12.1 Å². The summed E-state index contributed by atoms with van der Waals surface area (Å²) < 4.78 is 29.6. The van der Waals surface area contributed by atoms with Gasteiger partial charge in [-0.2, -0.15) is 5.26 Å². The highest BCUT2D eigenvalue weighted by molar-refractivity contribution is 5.48. The van der Waals surface area contributed by atoms with E-state index in [0.29, 0.717) is 0 Å². The van der Waals surface area contributed by atoms with Crippen molar-refractivity contribution < 1.29 is 13.5 Å². The number of methoxy groups -OCH3 is 1. The highest BCUT2D eigenvalue weighted by atomic mass is 19.3. The van der Waals surface area contributed by atoms with E-state index in [2.05, 4.69) is 4.98 Å². The van der Waals surface area contributed by atoms with Gasteiger partial charge in [0.15, 0.2) is 0 Å². The van der Waals surface area contributed by atoms with Gasteiger partial charge < -0.3 is 4.74 Å². The summed E-state index contributed by atoms with van der Waals surface area (Å²) in [7, 11) is 1.33. The molecule has 3 nitrogen and oxygen atoms in total. The summed E-state index contributed by atoms with van der Waals surface area (Å²) in [5.74, 6) is 0.165. The van der Waals surface area contributed by atoms with Gasteiger partial charge in [-0.05, 0) is 6.92 Å². The van der Waals surface area contributed by atoms with E-state index in [1.807, 2.05) is 6.07 Å². The van der Waals surface area contributed by atoms with Crippen molar-refractivity contribution in [2.24, 2.45) is 0 Å². The average Bonchev–Trinajstić information content (AvgIpc) is 2.16. The van der Waals surface area contributed by atoms with Gasteiger partial charge in [0.25, 0.3) is 6.43 Å². The molecule has 0 fully saturated rings. The Morgan fingerprint density at radius 2 is 2.21 bits per heavy atom. The van der Waals surface area contributed by atoms with E-state index in [4.69, 9.17) is 10.00 Å². The summed E-state index contributed by atoms with van der Waals surface area (Å²) >= 11 is 0. The summed E-state index contributed by atoms with van der Waals surface area (Å²) in [6.45, 7) is 1.45. The van der Waals surface area contributed by atoms with Crippen molar-refractivity contribution >= 4 is 0 Å². The van der Waals surface area contributed by atoms with Crippen LogP contribution in [0.15, 0.2) is 6.20 Å². The van der Waals surface area contributed by atoms with Crippen LogP contribution in [0.5, 0.6) is 5.75 Å². The molecule has 1 rings (SSSR count). The molecule has 5 heteroatoms. The molecule has 0 aliphatic heterocycles. The van der Waals surface area contributed by atoms with Gasteiger partial charge in [-0.3, -0.25) is 4.98 Å². The second-order valence-corrected chi connectivity index (χ2v) is 2.63. The number of rotatable bonds is 2. The lowest BCUT2D eigenvalue weighted by Gasteiger charge is -2.09. The Balaban J connectivity index is 3.37. The van der Waals surface area contributed by atoms with Crippen LogP contribution >= 0.6 is 0 Å². The Morgan fingerprint density at radius 1 is 1.57 bits per heavy atom. The number of aromatic nitrogens is 1. The number of alkyl halides is 2. The van der Waals surface area contributed by atoms with Crippen molar-refractivity contribution in [2.45, 2.75) is 13.3 Å². The molecule has 0 amide bonds. The van der Waals surface area contributed by atoms with Crippen molar-refractivity contribution in [1.29, 1.82) is 5.26 Å². The fourth-order valence-electron chi connectivity index (χ4n) is 1.17. The van der Waals surface area contributed by atoms with E-state index in [-0.39, 0.29) is 22.6 Å². The molecule has 0 N–H and O–H groups in total. The smallest absolute Gasteiger partial charge is 0.280 e. The molecule has 0 atom stereocenters. The zero-order valence-electron chi connectivity index (χ0n) is 7.71. The first-order valence-corrected chi connectivity index (χ1v) is 3.83. The van der Waals surface area contributed by atoms with Crippen LogP contribution in [0.2, 0.25) is 0 Å². The maximum atomic E-state index is 12.4. The second kappa shape index (κ2) is 4.01. The molecule has 0 spiro atoms. The van der Waals surface area contributed by atoms with Crippen molar-refractivity contribution in [2.75, 3.05) is 7.11 Å². The molecule has 14 heavy (non-hydrogen) atoms. The van der Waals surface area contributed by atoms with Gasteiger partial charge in [-0.15, -0.1) is 0 Å². The van der Waals surface area contributed by atoms with Crippen LogP contribution in [0.4, 0.5) is 8.78 Å². The molecule has 0 bridgehead atoms. The molecule has 0 aliphatic carbocycles. The first-order chi connectivity index (χ1) is 6.61. The third-order valence-corrected chi connectivity index (χ3v) is 1.83. The lowest BCUT2D eigenvalue weighted by molar-refractivity contribution is 0.144. The zero-order chi connectivity index (χ0) is 10.7. The highest BCUT2D eigenvalue weighted by Gasteiger charge is 2.18. The zero-order valence-corrected chi connectivity index (χ0v) is 7.71. The van der Waals surface area contributed by atoms with Crippen molar-refractivity contribution in [3.8, 4) is 11.8 Å². The largest absolute Gasteiger partial charge is 0.495 e. The van der Waals surface area contributed by atoms with Gasteiger partial charge in [-0.1, -0.05) is 0 Å². The molecule has 1 aromatic heterocycles. The number of halogens is 2. The molecular weight excluding hydrogens is 190 g/mol. The Hall–Kier alpha value is -1.70. The molecule has 0 aliphatic rings. The molecule has 0 aromatic carbocycles. The molecular formula is C9H8F2N2O. The Bertz CT molecular complexity index is 385. The van der Waals surface area contributed by atoms with Crippen LogP contribution in [0.3, 0.4) is 0 Å². The lowest BCUT2D eigenvalue weighted by Crippen LogP contribution is -2.00. The summed E-state index contributed by atoms with van der Waals surface area (Å²) in [4.78, 5) is 3.50. The third kappa shape index (κ3) is 1.64. The lowest BCUT2D eigenvalue weighted by atomic mass is 10.1. The minimum Gasteiger partial charge on any atom is -0.495 e. The quantitative estimate of drug-likeness (QED) is 0.731. The molecule has 0 saturated heterocycles. The van der Waals surface area contributed by atoms with Crippen molar-refractivity contribution in [1.82, 2.24) is 4.98 Å².